The third-order valence-electron chi connectivity index (χ3n) is 7.00. The van der Waals surface area contributed by atoms with Crippen LogP contribution in [-0.2, 0) is 11.2 Å². The average molecular weight is 491 g/mol. The molecule has 1 N–H and O–H groups in total. The molecule has 1 aliphatic heterocycles. The number of thiophene rings is 1. The fourth-order valence-corrected chi connectivity index (χ4v) is 5.86. The SMILES string of the molecule is Cc1cccc(OCC2c3ccsc3CCN2C(=O)CN(CC2CC2)CC(O)c2ccccc2)c1. The average Bonchev–Trinajstić information content (AvgIpc) is 3.54. The number of aliphatic hydroxyl groups is 1. The minimum atomic E-state index is -0.604. The molecule has 2 aliphatic rings. The van der Waals surface area contributed by atoms with E-state index in [0.29, 0.717) is 32.2 Å². The van der Waals surface area contributed by atoms with Crippen molar-refractivity contribution in [2.24, 2.45) is 5.92 Å². The molecule has 184 valence electrons. The maximum absolute atomic E-state index is 13.7. The van der Waals surface area contributed by atoms with Crippen molar-refractivity contribution in [3.05, 3.63) is 87.6 Å². The van der Waals surface area contributed by atoms with E-state index in [0.717, 1.165) is 29.8 Å². The summed E-state index contributed by atoms with van der Waals surface area (Å²) in [4.78, 5) is 19.2. The molecule has 0 radical (unpaired) electrons. The van der Waals surface area contributed by atoms with Crippen LogP contribution in [0, 0.1) is 12.8 Å². The lowest BCUT2D eigenvalue weighted by atomic mass is 10.00. The molecule has 1 aliphatic carbocycles. The molecule has 5 nitrogen and oxygen atoms in total. The Morgan fingerprint density at radius 1 is 1.17 bits per heavy atom. The number of ether oxygens (including phenoxy) is 1. The summed E-state index contributed by atoms with van der Waals surface area (Å²) in [6.45, 7) is 4.84. The van der Waals surface area contributed by atoms with Crippen LogP contribution in [0.2, 0.25) is 0 Å². The molecular formula is C29H34N2O3S. The molecule has 2 aromatic carbocycles. The van der Waals surface area contributed by atoms with Crippen LogP contribution in [0.25, 0.3) is 0 Å². The lowest BCUT2D eigenvalue weighted by Gasteiger charge is -2.37. The maximum Gasteiger partial charge on any atom is 0.237 e. The first kappa shape index (κ1) is 24.0. The van der Waals surface area contributed by atoms with Crippen molar-refractivity contribution in [1.82, 2.24) is 9.80 Å². The Hall–Kier alpha value is -2.67. The van der Waals surface area contributed by atoms with Gasteiger partial charge in [0.1, 0.15) is 12.4 Å². The van der Waals surface area contributed by atoms with Crippen LogP contribution >= 0.6 is 11.3 Å². The fraction of sp³-hybridized carbons (Fsp3) is 0.414. The number of hydrogen-bond donors (Lipinski definition) is 1. The predicted molar refractivity (Wildman–Crippen MR) is 140 cm³/mol. The third kappa shape index (κ3) is 6.13. The van der Waals surface area contributed by atoms with Gasteiger partial charge < -0.3 is 14.7 Å². The van der Waals surface area contributed by atoms with E-state index in [-0.39, 0.29) is 11.9 Å². The maximum atomic E-state index is 13.7. The molecule has 0 bridgehead atoms. The van der Waals surface area contributed by atoms with E-state index >= 15 is 0 Å². The zero-order chi connectivity index (χ0) is 24.2. The monoisotopic (exact) mass is 490 g/mol. The number of carbonyl (C=O) groups excluding carboxylic acids is 1. The number of nitrogens with zero attached hydrogens (tertiary/aromatic N) is 2. The van der Waals surface area contributed by atoms with Crippen LogP contribution in [-0.4, -0.2) is 53.6 Å². The molecule has 5 rings (SSSR count). The van der Waals surface area contributed by atoms with Crippen molar-refractivity contribution in [3.63, 3.8) is 0 Å². The van der Waals surface area contributed by atoms with E-state index in [1.54, 1.807) is 11.3 Å². The number of amides is 1. The van der Waals surface area contributed by atoms with Gasteiger partial charge >= 0.3 is 0 Å². The van der Waals surface area contributed by atoms with E-state index in [9.17, 15) is 9.90 Å². The van der Waals surface area contributed by atoms with Gasteiger partial charge in [-0.1, -0.05) is 42.5 Å². The van der Waals surface area contributed by atoms with E-state index in [1.807, 2.05) is 53.4 Å². The summed E-state index contributed by atoms with van der Waals surface area (Å²) in [5, 5.41) is 13.0. The van der Waals surface area contributed by atoms with Crippen molar-refractivity contribution < 1.29 is 14.6 Å². The van der Waals surface area contributed by atoms with Gasteiger partial charge in [-0.2, -0.15) is 0 Å². The topological polar surface area (TPSA) is 53.0 Å². The zero-order valence-electron chi connectivity index (χ0n) is 20.3. The fourth-order valence-electron chi connectivity index (χ4n) is 4.93. The largest absolute Gasteiger partial charge is 0.491 e. The first-order chi connectivity index (χ1) is 17.1. The first-order valence-corrected chi connectivity index (χ1v) is 13.5. The highest BCUT2D eigenvalue weighted by Gasteiger charge is 2.34. The summed E-state index contributed by atoms with van der Waals surface area (Å²) in [5.41, 5.74) is 3.26. The molecule has 1 amide bonds. The minimum Gasteiger partial charge on any atom is -0.491 e. The summed E-state index contributed by atoms with van der Waals surface area (Å²) in [6, 6.07) is 19.8. The van der Waals surface area contributed by atoms with Gasteiger partial charge in [0.2, 0.25) is 5.91 Å². The van der Waals surface area contributed by atoms with Crippen LogP contribution in [0.5, 0.6) is 5.75 Å². The Bertz CT molecular complexity index is 1130. The summed E-state index contributed by atoms with van der Waals surface area (Å²) < 4.78 is 6.19. The highest BCUT2D eigenvalue weighted by atomic mass is 32.1. The molecule has 1 saturated carbocycles. The Morgan fingerprint density at radius 3 is 2.77 bits per heavy atom. The van der Waals surface area contributed by atoms with Gasteiger partial charge in [-0.3, -0.25) is 9.69 Å². The first-order valence-electron chi connectivity index (χ1n) is 12.6. The molecule has 2 heterocycles. The normalized spacial score (nSPS) is 18.4. The second-order valence-corrected chi connectivity index (χ2v) is 10.8. The Balaban J connectivity index is 1.29. The molecular weight excluding hydrogens is 456 g/mol. The van der Waals surface area contributed by atoms with Crippen molar-refractivity contribution >= 4 is 17.2 Å². The smallest absolute Gasteiger partial charge is 0.237 e. The predicted octanol–water partition coefficient (Wildman–Crippen LogP) is 5.01. The molecule has 0 saturated heterocycles. The van der Waals surface area contributed by atoms with Gasteiger partial charge in [0, 0.05) is 24.5 Å². The van der Waals surface area contributed by atoms with E-state index in [2.05, 4.69) is 29.3 Å². The summed E-state index contributed by atoms with van der Waals surface area (Å²) in [6.07, 6.45) is 2.70. The second kappa shape index (κ2) is 10.9. The molecule has 2 unspecified atom stereocenters. The highest BCUT2D eigenvalue weighted by molar-refractivity contribution is 7.10. The molecule has 35 heavy (non-hydrogen) atoms. The number of aliphatic hydroxyl groups excluding tert-OH is 1. The number of fused-ring (bicyclic) bond motifs is 1. The Labute approximate surface area is 212 Å². The summed E-state index contributed by atoms with van der Waals surface area (Å²) in [5.74, 6) is 1.58. The molecule has 3 aromatic rings. The lowest BCUT2D eigenvalue weighted by Crippen LogP contribution is -2.47. The Morgan fingerprint density at radius 2 is 2.00 bits per heavy atom. The minimum absolute atomic E-state index is 0.0974. The zero-order valence-corrected chi connectivity index (χ0v) is 21.1. The van der Waals surface area contributed by atoms with Crippen molar-refractivity contribution in [1.29, 1.82) is 0 Å². The molecule has 6 heteroatoms. The van der Waals surface area contributed by atoms with Crippen LogP contribution in [0.1, 0.15) is 46.6 Å². The van der Waals surface area contributed by atoms with Crippen LogP contribution in [0.15, 0.2) is 66.0 Å². The number of carbonyl (C=O) groups is 1. The highest BCUT2D eigenvalue weighted by Crippen LogP contribution is 2.35. The van der Waals surface area contributed by atoms with Gasteiger partial charge in [-0.25, -0.2) is 0 Å². The number of hydrogen-bond acceptors (Lipinski definition) is 5. The van der Waals surface area contributed by atoms with E-state index in [1.165, 1.54) is 23.3 Å². The van der Waals surface area contributed by atoms with Crippen LogP contribution in [0.4, 0.5) is 0 Å². The molecule has 1 fully saturated rings. The van der Waals surface area contributed by atoms with Gasteiger partial charge in [0.15, 0.2) is 0 Å². The molecule has 1 aromatic heterocycles. The standard InChI is InChI=1S/C29H34N2O3S/c1-21-6-5-9-24(16-21)34-20-26-25-13-15-35-28(25)12-14-31(26)29(33)19-30(17-22-10-11-22)18-27(32)23-7-3-2-4-8-23/h2-9,13,15-16,22,26-27,32H,10-12,14,17-20H2,1H3. The van der Waals surface area contributed by atoms with Gasteiger partial charge in [-0.05, 0) is 72.4 Å². The van der Waals surface area contributed by atoms with Gasteiger partial charge in [0.05, 0.1) is 18.7 Å². The van der Waals surface area contributed by atoms with Crippen LogP contribution in [0.3, 0.4) is 0 Å². The van der Waals surface area contributed by atoms with Crippen LogP contribution < -0.4 is 4.74 Å². The second-order valence-electron chi connectivity index (χ2n) is 9.84. The van der Waals surface area contributed by atoms with E-state index < -0.39 is 6.10 Å². The number of rotatable bonds is 10. The molecule has 0 spiro atoms. The third-order valence-corrected chi connectivity index (χ3v) is 8.00. The van der Waals surface area contributed by atoms with Crippen molar-refractivity contribution in [2.75, 3.05) is 32.8 Å². The lowest BCUT2D eigenvalue weighted by molar-refractivity contribution is -0.136. The van der Waals surface area contributed by atoms with Crippen molar-refractivity contribution in [2.45, 2.75) is 38.3 Å². The summed E-state index contributed by atoms with van der Waals surface area (Å²) in [7, 11) is 0. The molecule has 2 atom stereocenters. The number of benzene rings is 2. The van der Waals surface area contributed by atoms with E-state index in [4.69, 9.17) is 4.74 Å². The number of aryl methyl sites for hydroxylation is 1. The van der Waals surface area contributed by atoms with Gasteiger partial charge in [-0.15, -0.1) is 11.3 Å². The Kier molecular flexibility index (Phi) is 7.51. The van der Waals surface area contributed by atoms with Gasteiger partial charge in [0.25, 0.3) is 0 Å². The summed E-state index contributed by atoms with van der Waals surface area (Å²) >= 11 is 1.77. The quantitative estimate of drug-likeness (QED) is 0.434. The van der Waals surface area contributed by atoms with Crippen molar-refractivity contribution in [3.8, 4) is 5.75 Å².